The molecule has 27 heavy (non-hydrogen) atoms. The number of rotatable bonds is 7. The van der Waals surface area contributed by atoms with Gasteiger partial charge in [-0.05, 0) is 31.0 Å². The van der Waals surface area contributed by atoms with Crippen molar-refractivity contribution >= 4 is 11.7 Å². The number of amides is 1. The maximum Gasteiger partial charge on any atom is 0.290 e. The molecule has 2 aliphatic heterocycles. The van der Waals surface area contributed by atoms with Gasteiger partial charge >= 0.3 is 0 Å². The van der Waals surface area contributed by atoms with E-state index in [9.17, 15) is 14.7 Å². The van der Waals surface area contributed by atoms with Crippen LogP contribution in [-0.4, -0.2) is 73.1 Å². The molecule has 0 aromatic heterocycles. The minimum absolute atomic E-state index is 0.152. The number of aliphatic hydroxyl groups is 1. The molecule has 7 nitrogen and oxygen atoms in total. The lowest BCUT2D eigenvalue weighted by atomic mass is 9.96. The molecule has 1 unspecified atom stereocenters. The second-order valence-corrected chi connectivity index (χ2v) is 6.80. The van der Waals surface area contributed by atoms with Gasteiger partial charge in [0.2, 0.25) is 0 Å². The van der Waals surface area contributed by atoms with Gasteiger partial charge in [0.25, 0.3) is 5.91 Å². The number of carbonyl (C=O) groups is 2. The van der Waals surface area contributed by atoms with Gasteiger partial charge in [0.1, 0.15) is 5.75 Å². The molecule has 1 N–H and O–H groups in total. The Hall–Kier alpha value is -2.38. The van der Waals surface area contributed by atoms with Crippen molar-refractivity contribution in [3.8, 4) is 5.75 Å². The molecule has 1 saturated heterocycles. The largest absolute Gasteiger partial charge is 0.503 e. The molecule has 1 amide bonds. The van der Waals surface area contributed by atoms with Gasteiger partial charge in [0.05, 0.1) is 31.9 Å². The van der Waals surface area contributed by atoms with Crippen LogP contribution in [0.4, 0.5) is 0 Å². The normalized spacial score (nSPS) is 21.0. The lowest BCUT2D eigenvalue weighted by molar-refractivity contribution is -0.129. The summed E-state index contributed by atoms with van der Waals surface area (Å²) >= 11 is 0. The summed E-state index contributed by atoms with van der Waals surface area (Å²) in [6.45, 7) is 5.90. The van der Waals surface area contributed by atoms with E-state index in [1.165, 1.54) is 6.92 Å². The van der Waals surface area contributed by atoms with Crippen LogP contribution in [0.3, 0.4) is 0 Å². The molecule has 0 bridgehead atoms. The summed E-state index contributed by atoms with van der Waals surface area (Å²) in [5.41, 5.74) is 0.906. The molecular formula is C20H26N2O5. The van der Waals surface area contributed by atoms with Crippen molar-refractivity contribution in [2.45, 2.75) is 19.4 Å². The number of methoxy groups -OCH3 is 1. The number of hydrogen-bond acceptors (Lipinski definition) is 6. The molecule has 0 spiro atoms. The first-order chi connectivity index (χ1) is 13.0. The van der Waals surface area contributed by atoms with Gasteiger partial charge in [0.15, 0.2) is 11.5 Å². The first kappa shape index (κ1) is 19.4. The van der Waals surface area contributed by atoms with Gasteiger partial charge in [0, 0.05) is 26.2 Å². The molecule has 146 valence electrons. The van der Waals surface area contributed by atoms with Crippen LogP contribution in [-0.2, 0) is 14.3 Å². The highest BCUT2D eigenvalue weighted by Gasteiger charge is 2.42. The molecule has 1 aromatic rings. The number of ether oxygens (including phenoxy) is 2. The number of aliphatic hydroxyl groups excluding tert-OH is 1. The van der Waals surface area contributed by atoms with Crippen molar-refractivity contribution in [3.05, 3.63) is 41.2 Å². The third kappa shape index (κ3) is 4.14. The number of Topliss-reactive ketones (excluding diaryl/α,β-unsaturated/α-hetero) is 1. The van der Waals surface area contributed by atoms with Gasteiger partial charge in [-0.2, -0.15) is 0 Å². The van der Waals surface area contributed by atoms with Crippen LogP contribution >= 0.6 is 0 Å². The van der Waals surface area contributed by atoms with Crippen molar-refractivity contribution in [1.29, 1.82) is 0 Å². The molecule has 1 atom stereocenters. The molecule has 0 aliphatic carbocycles. The van der Waals surface area contributed by atoms with Crippen molar-refractivity contribution in [2.75, 3.05) is 46.5 Å². The Morgan fingerprint density at radius 2 is 2.04 bits per heavy atom. The SMILES string of the molecule is COc1cccc(C2C(C(C)=O)=C(O)C(=O)N2CCCN2CCOCC2)c1. The Bertz CT molecular complexity index is 740. The zero-order valence-electron chi connectivity index (χ0n) is 15.8. The number of carbonyl (C=O) groups excluding carboxylic acids is 2. The zero-order chi connectivity index (χ0) is 19.4. The lowest BCUT2D eigenvalue weighted by Gasteiger charge is -2.30. The van der Waals surface area contributed by atoms with Crippen LogP contribution in [0.15, 0.2) is 35.6 Å². The van der Waals surface area contributed by atoms with E-state index >= 15 is 0 Å². The minimum Gasteiger partial charge on any atom is -0.503 e. The average Bonchev–Trinajstić information content (AvgIpc) is 2.94. The van der Waals surface area contributed by atoms with Crippen LogP contribution in [0.2, 0.25) is 0 Å². The molecule has 3 rings (SSSR count). The molecule has 2 heterocycles. The van der Waals surface area contributed by atoms with E-state index in [1.54, 1.807) is 24.1 Å². The highest BCUT2D eigenvalue weighted by molar-refractivity contribution is 6.08. The van der Waals surface area contributed by atoms with Crippen LogP contribution in [0.25, 0.3) is 0 Å². The minimum atomic E-state index is -0.588. The van der Waals surface area contributed by atoms with Crippen LogP contribution in [0.5, 0.6) is 5.75 Å². The fourth-order valence-electron chi connectivity index (χ4n) is 3.69. The van der Waals surface area contributed by atoms with E-state index in [2.05, 4.69) is 4.90 Å². The van der Waals surface area contributed by atoms with E-state index in [0.29, 0.717) is 12.3 Å². The number of hydrogen-bond donors (Lipinski definition) is 1. The predicted octanol–water partition coefficient (Wildman–Crippen LogP) is 1.70. The van der Waals surface area contributed by atoms with Gasteiger partial charge < -0.3 is 19.5 Å². The maximum absolute atomic E-state index is 12.6. The van der Waals surface area contributed by atoms with E-state index < -0.39 is 17.7 Å². The quantitative estimate of drug-likeness (QED) is 0.783. The monoisotopic (exact) mass is 374 g/mol. The van der Waals surface area contributed by atoms with Crippen molar-refractivity contribution in [2.24, 2.45) is 0 Å². The zero-order valence-corrected chi connectivity index (χ0v) is 15.8. The van der Waals surface area contributed by atoms with Crippen LogP contribution < -0.4 is 4.74 Å². The van der Waals surface area contributed by atoms with E-state index in [4.69, 9.17) is 9.47 Å². The third-order valence-electron chi connectivity index (χ3n) is 5.07. The van der Waals surface area contributed by atoms with Crippen molar-refractivity contribution < 1.29 is 24.2 Å². The smallest absolute Gasteiger partial charge is 0.290 e. The van der Waals surface area contributed by atoms with Gasteiger partial charge in [-0.1, -0.05) is 12.1 Å². The molecule has 2 aliphatic rings. The van der Waals surface area contributed by atoms with Crippen LogP contribution in [0, 0.1) is 0 Å². The highest BCUT2D eigenvalue weighted by Crippen LogP contribution is 2.38. The fraction of sp³-hybridized carbons (Fsp3) is 0.500. The second kappa shape index (κ2) is 8.54. The Labute approximate surface area is 159 Å². The summed E-state index contributed by atoms with van der Waals surface area (Å²) in [6.07, 6.45) is 0.755. The molecule has 0 saturated carbocycles. The number of nitrogens with zero attached hydrogens (tertiary/aromatic N) is 2. The summed E-state index contributed by atoms with van der Waals surface area (Å²) in [5, 5.41) is 10.3. The number of morpholine rings is 1. The van der Waals surface area contributed by atoms with Crippen LogP contribution in [0.1, 0.15) is 24.9 Å². The number of benzene rings is 1. The predicted molar refractivity (Wildman–Crippen MR) is 99.7 cm³/mol. The summed E-state index contributed by atoms with van der Waals surface area (Å²) in [7, 11) is 1.57. The molecular weight excluding hydrogens is 348 g/mol. The van der Waals surface area contributed by atoms with Gasteiger partial charge in [-0.3, -0.25) is 14.5 Å². The Morgan fingerprint density at radius 3 is 2.70 bits per heavy atom. The molecule has 1 aromatic carbocycles. The Morgan fingerprint density at radius 1 is 1.30 bits per heavy atom. The van der Waals surface area contributed by atoms with E-state index in [0.717, 1.165) is 44.8 Å². The Kier molecular flexibility index (Phi) is 6.13. The first-order valence-electron chi connectivity index (χ1n) is 9.22. The summed E-state index contributed by atoms with van der Waals surface area (Å²) in [5.74, 6) is -0.594. The highest BCUT2D eigenvalue weighted by atomic mass is 16.5. The molecule has 1 fully saturated rings. The van der Waals surface area contributed by atoms with Crippen molar-refractivity contribution in [1.82, 2.24) is 9.80 Å². The molecule has 7 heteroatoms. The van der Waals surface area contributed by atoms with Gasteiger partial charge in [-0.15, -0.1) is 0 Å². The maximum atomic E-state index is 12.6. The summed E-state index contributed by atoms with van der Waals surface area (Å²) in [6, 6.07) is 6.68. The average molecular weight is 374 g/mol. The lowest BCUT2D eigenvalue weighted by Crippen LogP contribution is -2.39. The van der Waals surface area contributed by atoms with Gasteiger partial charge in [-0.25, -0.2) is 0 Å². The summed E-state index contributed by atoms with van der Waals surface area (Å²) in [4.78, 5) is 28.7. The second-order valence-electron chi connectivity index (χ2n) is 6.80. The summed E-state index contributed by atoms with van der Waals surface area (Å²) < 4.78 is 10.6. The third-order valence-corrected chi connectivity index (χ3v) is 5.07. The molecule has 0 radical (unpaired) electrons. The number of ketones is 1. The standard InChI is InChI=1S/C20H26N2O5/c1-14(23)17-18(15-5-3-6-16(13-15)26-2)22(20(25)19(17)24)8-4-7-21-9-11-27-12-10-21/h3,5-6,13,18,24H,4,7-12H2,1-2H3. The van der Waals surface area contributed by atoms with Crippen molar-refractivity contribution in [3.63, 3.8) is 0 Å². The van der Waals surface area contributed by atoms with E-state index in [1.807, 2.05) is 12.1 Å². The first-order valence-corrected chi connectivity index (χ1v) is 9.22. The fourth-order valence-corrected chi connectivity index (χ4v) is 3.69. The van der Waals surface area contributed by atoms with E-state index in [-0.39, 0.29) is 11.4 Å². The Balaban J connectivity index is 1.79. The topological polar surface area (TPSA) is 79.3 Å².